The Morgan fingerprint density at radius 2 is 1.85 bits per heavy atom. The summed E-state index contributed by atoms with van der Waals surface area (Å²) >= 11 is 0. The summed E-state index contributed by atoms with van der Waals surface area (Å²) in [6.45, 7) is 9.90. The van der Waals surface area contributed by atoms with Crippen molar-refractivity contribution in [3.63, 3.8) is 0 Å². The number of hydrogen-bond acceptors (Lipinski definition) is 3. The lowest BCUT2D eigenvalue weighted by molar-refractivity contribution is -0.157. The second kappa shape index (κ2) is 7.64. The average molecular weight is 296 g/mol. The van der Waals surface area contributed by atoms with Crippen molar-refractivity contribution in [2.75, 3.05) is 13.3 Å². The fraction of sp³-hybridized carbons (Fsp3) is 0.562. The summed E-state index contributed by atoms with van der Waals surface area (Å²) in [4.78, 5) is 11.6. The quantitative estimate of drug-likeness (QED) is 0.584. The molecule has 0 aliphatic rings. The molecule has 20 heavy (non-hydrogen) atoms. The fourth-order valence-electron chi connectivity index (χ4n) is 1.92. The minimum Gasteiger partial charge on any atom is -0.482 e. The molecule has 1 rings (SSSR count). The molecule has 3 nitrogen and oxygen atoms in total. The molecule has 0 saturated carbocycles. The minimum absolute atomic E-state index is 0.0522. The maximum absolute atomic E-state index is 11.6. The summed E-state index contributed by atoms with van der Waals surface area (Å²) in [5.74, 6) is 0.358. The van der Waals surface area contributed by atoms with Gasteiger partial charge >= 0.3 is 5.97 Å². The van der Waals surface area contributed by atoms with Gasteiger partial charge < -0.3 is 9.47 Å². The van der Waals surface area contributed by atoms with E-state index in [-0.39, 0.29) is 12.6 Å². The molecule has 0 bridgehead atoms. The topological polar surface area (TPSA) is 35.5 Å². The first-order chi connectivity index (χ1) is 9.35. The molecule has 0 N–H and O–H groups in total. The van der Waals surface area contributed by atoms with Gasteiger partial charge in [-0.15, -0.1) is 8.58 Å². The summed E-state index contributed by atoms with van der Waals surface area (Å²) in [7, 11) is 0.899. The Morgan fingerprint density at radius 3 is 2.30 bits per heavy atom. The molecule has 0 spiro atoms. The maximum atomic E-state index is 11.6. The van der Waals surface area contributed by atoms with E-state index in [9.17, 15) is 4.79 Å². The largest absolute Gasteiger partial charge is 0.482 e. The van der Waals surface area contributed by atoms with Crippen LogP contribution < -0.4 is 4.74 Å². The Morgan fingerprint density at radius 1 is 1.25 bits per heavy atom. The van der Waals surface area contributed by atoms with Crippen LogP contribution in [0, 0.1) is 0 Å². The molecule has 0 fully saturated rings. The van der Waals surface area contributed by atoms with E-state index in [0.29, 0.717) is 11.4 Å². The lowest BCUT2D eigenvalue weighted by Gasteiger charge is -2.19. The maximum Gasteiger partial charge on any atom is 0.344 e. The van der Waals surface area contributed by atoms with Crippen LogP contribution in [0.2, 0.25) is 0 Å². The summed E-state index contributed by atoms with van der Waals surface area (Å²) in [5.41, 5.74) is 1.48. The first-order valence-electron chi connectivity index (χ1n) is 6.97. The van der Waals surface area contributed by atoms with Crippen LogP contribution in [0.5, 0.6) is 5.75 Å². The van der Waals surface area contributed by atoms with Crippen LogP contribution in [-0.4, -0.2) is 24.8 Å². The normalized spacial score (nSPS) is 13.4. The van der Waals surface area contributed by atoms with Crippen molar-refractivity contribution in [3.05, 3.63) is 29.8 Å². The molecule has 0 radical (unpaired) electrons. The van der Waals surface area contributed by atoms with Crippen molar-refractivity contribution in [1.82, 2.24) is 0 Å². The van der Waals surface area contributed by atoms with Crippen LogP contribution in [0.25, 0.3) is 0 Å². The van der Waals surface area contributed by atoms with Gasteiger partial charge in [-0.25, -0.2) is 4.79 Å². The molecule has 1 aromatic rings. The molecule has 0 aliphatic carbocycles. The second-order valence-corrected chi connectivity index (χ2v) is 6.97. The molecular weight excluding hydrogens is 271 g/mol. The van der Waals surface area contributed by atoms with Gasteiger partial charge in [0.25, 0.3) is 0 Å². The molecule has 4 heteroatoms. The van der Waals surface area contributed by atoms with E-state index in [2.05, 4.69) is 25.7 Å². The molecule has 0 amide bonds. The number of ether oxygens (including phenoxy) is 2. The predicted octanol–water partition coefficient (Wildman–Crippen LogP) is 4.17. The van der Waals surface area contributed by atoms with Gasteiger partial charge in [-0.2, -0.15) is 0 Å². The number of rotatable bonds is 6. The van der Waals surface area contributed by atoms with Crippen molar-refractivity contribution in [3.8, 4) is 5.75 Å². The molecular formula is C16H25O3P. The second-order valence-electron chi connectivity index (χ2n) is 5.69. The van der Waals surface area contributed by atoms with Crippen molar-refractivity contribution in [2.24, 2.45) is 0 Å². The molecule has 0 aliphatic heterocycles. The highest BCUT2D eigenvalue weighted by molar-refractivity contribution is 7.37. The summed E-state index contributed by atoms with van der Waals surface area (Å²) in [6.07, 6.45) is 1.15. The molecule has 112 valence electrons. The zero-order chi connectivity index (χ0) is 15.2. The van der Waals surface area contributed by atoms with Crippen molar-refractivity contribution < 1.29 is 14.3 Å². The molecule has 0 heterocycles. The van der Waals surface area contributed by atoms with Crippen LogP contribution in [-0.2, 0) is 9.53 Å². The Labute approximate surface area is 123 Å². The number of hydrogen-bond donors (Lipinski definition) is 0. The van der Waals surface area contributed by atoms with Crippen LogP contribution in [0.4, 0.5) is 0 Å². The SMILES string of the molecule is CCC(PC)c1ccc(OCC(=O)OC(C)(C)C)cc1. The van der Waals surface area contributed by atoms with Gasteiger partial charge in [-0.1, -0.05) is 19.1 Å². The van der Waals surface area contributed by atoms with E-state index in [1.807, 2.05) is 32.9 Å². The average Bonchev–Trinajstić information content (AvgIpc) is 2.37. The highest BCUT2D eigenvalue weighted by Gasteiger charge is 2.16. The third-order valence-corrected chi connectivity index (χ3v) is 4.25. The zero-order valence-corrected chi connectivity index (χ0v) is 14.0. The smallest absolute Gasteiger partial charge is 0.344 e. The number of carbonyl (C=O) groups excluding carboxylic acids is 1. The standard InChI is InChI=1S/C16H25O3P/c1-6-14(20-5)12-7-9-13(10-8-12)18-11-15(17)19-16(2,3)4/h7-10,14,20H,6,11H2,1-5H3. The highest BCUT2D eigenvalue weighted by atomic mass is 31.1. The van der Waals surface area contributed by atoms with Crippen LogP contribution in [0.3, 0.4) is 0 Å². The third-order valence-electron chi connectivity index (χ3n) is 2.82. The van der Waals surface area contributed by atoms with Gasteiger partial charge in [0, 0.05) is 5.66 Å². The van der Waals surface area contributed by atoms with Crippen molar-refractivity contribution in [2.45, 2.75) is 45.4 Å². The van der Waals surface area contributed by atoms with E-state index in [0.717, 1.165) is 15.0 Å². The minimum atomic E-state index is -0.472. The molecule has 2 atom stereocenters. The third kappa shape index (κ3) is 5.92. The monoisotopic (exact) mass is 296 g/mol. The van der Waals surface area contributed by atoms with Crippen molar-refractivity contribution >= 4 is 14.6 Å². The Hall–Kier alpha value is -1.08. The zero-order valence-electron chi connectivity index (χ0n) is 13.0. The first kappa shape index (κ1) is 17.0. The summed E-state index contributed by atoms with van der Waals surface area (Å²) < 4.78 is 10.6. The van der Waals surface area contributed by atoms with Crippen LogP contribution in [0.1, 0.15) is 45.3 Å². The van der Waals surface area contributed by atoms with Crippen LogP contribution >= 0.6 is 8.58 Å². The Kier molecular flexibility index (Phi) is 6.48. The molecule has 0 saturated heterocycles. The van der Waals surface area contributed by atoms with Gasteiger partial charge in [0.2, 0.25) is 0 Å². The van der Waals surface area contributed by atoms with E-state index in [4.69, 9.17) is 9.47 Å². The first-order valence-corrected chi connectivity index (χ1v) is 8.55. The Balaban J connectivity index is 2.52. The Bertz CT molecular complexity index is 416. The fourth-order valence-corrected chi connectivity index (χ4v) is 2.85. The molecule has 2 unspecified atom stereocenters. The van der Waals surface area contributed by atoms with Gasteiger partial charge in [0.05, 0.1) is 0 Å². The van der Waals surface area contributed by atoms with E-state index < -0.39 is 5.60 Å². The van der Waals surface area contributed by atoms with Gasteiger partial charge in [-0.05, 0) is 51.6 Å². The lowest BCUT2D eigenvalue weighted by atomic mass is 10.1. The number of carbonyl (C=O) groups is 1. The highest BCUT2D eigenvalue weighted by Crippen LogP contribution is 2.35. The molecule has 1 aromatic carbocycles. The van der Waals surface area contributed by atoms with Crippen molar-refractivity contribution in [1.29, 1.82) is 0 Å². The summed E-state index contributed by atoms with van der Waals surface area (Å²) in [5, 5.41) is 0. The van der Waals surface area contributed by atoms with Gasteiger partial charge in [0.1, 0.15) is 11.4 Å². The van der Waals surface area contributed by atoms with Gasteiger partial charge in [-0.3, -0.25) is 0 Å². The number of benzene rings is 1. The summed E-state index contributed by atoms with van der Waals surface area (Å²) in [6, 6.07) is 8.00. The van der Waals surface area contributed by atoms with Crippen LogP contribution in [0.15, 0.2) is 24.3 Å². The molecule has 0 aromatic heterocycles. The van der Waals surface area contributed by atoms with E-state index in [1.165, 1.54) is 5.56 Å². The van der Waals surface area contributed by atoms with E-state index >= 15 is 0 Å². The lowest BCUT2D eigenvalue weighted by Crippen LogP contribution is -2.27. The van der Waals surface area contributed by atoms with Gasteiger partial charge in [0.15, 0.2) is 6.61 Å². The predicted molar refractivity (Wildman–Crippen MR) is 85.1 cm³/mol. The van der Waals surface area contributed by atoms with E-state index in [1.54, 1.807) is 0 Å². The number of esters is 1.